The van der Waals surface area contributed by atoms with Gasteiger partial charge in [0.2, 0.25) is 11.8 Å². The number of benzene rings is 3. The molecule has 4 nitrogen and oxygen atoms in total. The minimum Gasteiger partial charge on any atom is -0.302 e. The quantitative estimate of drug-likeness (QED) is 0.492. The van der Waals surface area contributed by atoms with Gasteiger partial charge in [0.1, 0.15) is 6.29 Å². The van der Waals surface area contributed by atoms with E-state index >= 15 is 0 Å². The summed E-state index contributed by atoms with van der Waals surface area (Å²) in [6.45, 7) is 1.93. The molecule has 3 aliphatic carbocycles. The normalized spacial score (nSPS) is 28.2. The number of nitrogens with zero attached hydrogens (tertiary/aromatic N) is 1. The molecule has 7 rings (SSSR count). The summed E-state index contributed by atoms with van der Waals surface area (Å²) >= 11 is 0. The summed E-state index contributed by atoms with van der Waals surface area (Å²) in [5, 5.41) is 0. The number of anilines is 1. The van der Waals surface area contributed by atoms with Gasteiger partial charge in [-0.15, -0.1) is 0 Å². The predicted octanol–water partition coefficient (Wildman–Crippen LogP) is 3.74. The van der Waals surface area contributed by atoms with Gasteiger partial charge in [-0.2, -0.15) is 0 Å². The van der Waals surface area contributed by atoms with Gasteiger partial charge >= 0.3 is 0 Å². The van der Waals surface area contributed by atoms with E-state index in [1.54, 1.807) is 6.07 Å². The van der Waals surface area contributed by atoms with Crippen LogP contribution in [0, 0.1) is 18.8 Å². The molecular formula is C26H19NO3. The lowest BCUT2D eigenvalue weighted by Gasteiger charge is -2.51. The minimum atomic E-state index is -1.14. The Kier molecular flexibility index (Phi) is 3.33. The Morgan fingerprint density at radius 3 is 2.07 bits per heavy atom. The first-order valence-electron chi connectivity index (χ1n) is 10.2. The van der Waals surface area contributed by atoms with E-state index in [0.29, 0.717) is 5.69 Å². The monoisotopic (exact) mass is 393 g/mol. The second kappa shape index (κ2) is 5.76. The van der Waals surface area contributed by atoms with Crippen molar-refractivity contribution >= 4 is 23.8 Å². The molecule has 2 amide bonds. The van der Waals surface area contributed by atoms with E-state index in [1.165, 1.54) is 4.90 Å². The van der Waals surface area contributed by atoms with Gasteiger partial charge in [-0.1, -0.05) is 60.7 Å². The summed E-state index contributed by atoms with van der Waals surface area (Å²) in [6, 6.07) is 23.0. The number of amides is 2. The summed E-state index contributed by atoms with van der Waals surface area (Å²) < 4.78 is 0. The van der Waals surface area contributed by atoms with Gasteiger partial charge in [-0.25, -0.2) is 4.90 Å². The maximum absolute atomic E-state index is 13.8. The van der Waals surface area contributed by atoms with E-state index in [0.717, 1.165) is 34.1 Å². The van der Waals surface area contributed by atoms with Crippen LogP contribution in [0.25, 0.3) is 0 Å². The molecule has 1 aliphatic heterocycles. The third-order valence-corrected chi connectivity index (χ3v) is 7.13. The van der Waals surface area contributed by atoms with Crippen LogP contribution < -0.4 is 4.90 Å². The number of imide groups is 1. The standard InChI is InChI=1S/C26H19NO3/c1-15-7-6-8-16(13-15)27-24(29)22-21-17-9-2-4-11-19(17)26(14-28,23(22)25(27)30)20-12-5-3-10-18(20)21/h2-14,21-23H,1H3/t21?,22-,23?,26?/m1/s1. The highest BCUT2D eigenvalue weighted by Gasteiger charge is 2.68. The zero-order valence-electron chi connectivity index (χ0n) is 16.4. The van der Waals surface area contributed by atoms with E-state index in [4.69, 9.17) is 0 Å². The number of carbonyl (C=O) groups is 3. The highest BCUT2D eigenvalue weighted by atomic mass is 16.2. The van der Waals surface area contributed by atoms with Crippen molar-refractivity contribution < 1.29 is 14.4 Å². The molecular weight excluding hydrogens is 374 g/mol. The van der Waals surface area contributed by atoms with Gasteiger partial charge in [-0.3, -0.25) is 9.59 Å². The van der Waals surface area contributed by atoms with Crippen molar-refractivity contribution in [2.75, 3.05) is 4.90 Å². The SMILES string of the molecule is Cc1cccc(N2C(=O)C3[C@H](C2=O)C2c4ccccc4C3(C=O)c3ccccc32)c1. The van der Waals surface area contributed by atoms with Crippen molar-refractivity contribution in [1.29, 1.82) is 0 Å². The Morgan fingerprint density at radius 2 is 1.47 bits per heavy atom. The van der Waals surface area contributed by atoms with Crippen molar-refractivity contribution in [2.45, 2.75) is 18.3 Å². The Bertz CT molecular complexity index is 1210. The molecule has 0 aromatic heterocycles. The fraction of sp³-hybridized carbons (Fsp3) is 0.192. The molecule has 0 N–H and O–H groups in total. The summed E-state index contributed by atoms with van der Waals surface area (Å²) in [4.78, 5) is 41.7. The Balaban J connectivity index is 1.66. The van der Waals surface area contributed by atoms with Gasteiger partial charge in [0.25, 0.3) is 0 Å². The van der Waals surface area contributed by atoms with Crippen molar-refractivity contribution in [3.8, 4) is 0 Å². The van der Waals surface area contributed by atoms with Gasteiger partial charge in [0, 0.05) is 5.92 Å². The van der Waals surface area contributed by atoms with Crippen LogP contribution in [0.15, 0.2) is 72.8 Å². The molecule has 146 valence electrons. The van der Waals surface area contributed by atoms with Crippen LogP contribution in [0.1, 0.15) is 33.7 Å². The highest BCUT2D eigenvalue weighted by Crippen LogP contribution is 2.63. The molecule has 2 bridgehead atoms. The van der Waals surface area contributed by atoms with Gasteiger partial charge in [-0.05, 0) is 46.9 Å². The molecule has 30 heavy (non-hydrogen) atoms. The number of hydrogen-bond donors (Lipinski definition) is 0. The lowest BCUT2D eigenvalue weighted by atomic mass is 9.48. The van der Waals surface area contributed by atoms with E-state index < -0.39 is 17.3 Å². The Labute approximate surface area is 174 Å². The lowest BCUT2D eigenvalue weighted by molar-refractivity contribution is -0.128. The molecule has 1 unspecified atom stereocenters. The molecule has 3 aromatic rings. The van der Waals surface area contributed by atoms with Crippen LogP contribution in [0.4, 0.5) is 5.69 Å². The maximum Gasteiger partial charge on any atom is 0.239 e. The minimum absolute atomic E-state index is 0.212. The van der Waals surface area contributed by atoms with Crippen molar-refractivity contribution in [2.24, 2.45) is 11.8 Å². The average Bonchev–Trinajstić information content (AvgIpc) is 3.05. The van der Waals surface area contributed by atoms with Crippen molar-refractivity contribution in [3.63, 3.8) is 0 Å². The van der Waals surface area contributed by atoms with Crippen LogP contribution in [-0.4, -0.2) is 18.1 Å². The molecule has 4 aliphatic rings. The first-order valence-corrected chi connectivity index (χ1v) is 10.2. The molecule has 0 radical (unpaired) electrons. The van der Waals surface area contributed by atoms with Crippen LogP contribution >= 0.6 is 0 Å². The number of aldehydes is 1. The fourth-order valence-electron chi connectivity index (χ4n) is 6.05. The number of carbonyl (C=O) groups excluding carboxylic acids is 3. The van der Waals surface area contributed by atoms with E-state index in [-0.39, 0.29) is 17.7 Å². The molecule has 1 heterocycles. The zero-order chi connectivity index (χ0) is 20.6. The third kappa shape index (κ3) is 1.85. The molecule has 0 spiro atoms. The van der Waals surface area contributed by atoms with E-state index in [2.05, 4.69) is 0 Å². The second-order valence-corrected chi connectivity index (χ2v) is 8.49. The zero-order valence-corrected chi connectivity index (χ0v) is 16.4. The third-order valence-electron chi connectivity index (χ3n) is 7.13. The van der Waals surface area contributed by atoms with Crippen molar-refractivity contribution in [3.05, 3.63) is 101 Å². The van der Waals surface area contributed by atoms with Gasteiger partial charge < -0.3 is 4.79 Å². The molecule has 1 fully saturated rings. The fourth-order valence-corrected chi connectivity index (χ4v) is 6.05. The topological polar surface area (TPSA) is 54.5 Å². The predicted molar refractivity (Wildman–Crippen MR) is 112 cm³/mol. The average molecular weight is 393 g/mol. The number of aryl methyl sites for hydroxylation is 1. The molecule has 4 heteroatoms. The summed E-state index contributed by atoms with van der Waals surface area (Å²) in [7, 11) is 0. The summed E-state index contributed by atoms with van der Waals surface area (Å²) in [6.07, 6.45) is 0.905. The van der Waals surface area contributed by atoms with E-state index in [1.807, 2.05) is 73.7 Å². The van der Waals surface area contributed by atoms with Crippen LogP contribution in [0.2, 0.25) is 0 Å². The van der Waals surface area contributed by atoms with Crippen LogP contribution in [0.5, 0.6) is 0 Å². The molecule has 3 aromatic carbocycles. The van der Waals surface area contributed by atoms with Crippen LogP contribution in [0.3, 0.4) is 0 Å². The van der Waals surface area contributed by atoms with E-state index in [9.17, 15) is 14.4 Å². The molecule has 1 saturated heterocycles. The first kappa shape index (κ1) is 17.3. The largest absolute Gasteiger partial charge is 0.302 e. The molecule has 0 saturated carbocycles. The Hall–Kier alpha value is -3.53. The number of hydrogen-bond acceptors (Lipinski definition) is 3. The lowest BCUT2D eigenvalue weighted by Crippen LogP contribution is -2.54. The summed E-state index contributed by atoms with van der Waals surface area (Å²) in [5.41, 5.74) is 4.09. The molecule has 2 atom stereocenters. The number of rotatable bonds is 2. The van der Waals surface area contributed by atoms with Crippen LogP contribution in [-0.2, 0) is 19.8 Å². The smallest absolute Gasteiger partial charge is 0.239 e. The van der Waals surface area contributed by atoms with Crippen molar-refractivity contribution in [1.82, 2.24) is 0 Å². The highest BCUT2D eigenvalue weighted by molar-refractivity contribution is 6.24. The maximum atomic E-state index is 13.8. The second-order valence-electron chi connectivity index (χ2n) is 8.49. The van der Waals surface area contributed by atoms with Gasteiger partial charge in [0.15, 0.2) is 0 Å². The van der Waals surface area contributed by atoms with Gasteiger partial charge in [0.05, 0.1) is 22.9 Å². The summed E-state index contributed by atoms with van der Waals surface area (Å²) in [5.74, 6) is -2.02. The first-order chi connectivity index (χ1) is 14.6. The Morgan fingerprint density at radius 1 is 0.833 bits per heavy atom.